The molecule has 1 fully saturated rings. The number of halogens is 1. The van der Waals surface area contributed by atoms with Gasteiger partial charge in [0.2, 0.25) is 5.88 Å². The van der Waals surface area contributed by atoms with Gasteiger partial charge in [-0.25, -0.2) is 4.39 Å². The molecule has 0 radical (unpaired) electrons. The fourth-order valence-corrected chi connectivity index (χ4v) is 4.55. The second-order valence-corrected chi connectivity index (χ2v) is 8.59. The summed E-state index contributed by atoms with van der Waals surface area (Å²) in [5.74, 6) is -1.06. The molecule has 0 aliphatic carbocycles. The summed E-state index contributed by atoms with van der Waals surface area (Å²) in [7, 11) is 2.94. The number of carbonyl (C=O) groups excluding carboxylic acids is 1. The molecule has 1 aliphatic rings. The SMILES string of the molecule is CCCCc1nc(O)c(C(=O)N2CCC(c3ncccc3F)C2)c(=O)n1-c1c(OC)cccc1OC. The molecular weight excluding hydrogens is 467 g/mol. The average Bonchev–Trinajstić information content (AvgIpc) is 3.37. The van der Waals surface area contributed by atoms with Crippen LogP contribution >= 0.6 is 0 Å². The molecule has 36 heavy (non-hydrogen) atoms. The van der Waals surface area contributed by atoms with Gasteiger partial charge in [-0.1, -0.05) is 19.4 Å². The minimum absolute atomic E-state index is 0.168. The topological polar surface area (TPSA) is 107 Å². The van der Waals surface area contributed by atoms with E-state index in [-0.39, 0.29) is 30.5 Å². The molecule has 0 saturated carbocycles. The Morgan fingerprint density at radius 3 is 2.56 bits per heavy atom. The highest BCUT2D eigenvalue weighted by atomic mass is 19.1. The fraction of sp³-hybridized carbons (Fsp3) is 0.385. The molecule has 1 atom stereocenters. The molecule has 10 heteroatoms. The zero-order valence-corrected chi connectivity index (χ0v) is 20.5. The highest BCUT2D eigenvalue weighted by Crippen LogP contribution is 2.34. The predicted octanol–water partition coefficient (Wildman–Crippen LogP) is 3.46. The Labute approximate surface area is 208 Å². The van der Waals surface area contributed by atoms with Gasteiger partial charge in [0.15, 0.2) is 5.56 Å². The lowest BCUT2D eigenvalue weighted by molar-refractivity contribution is 0.0784. The van der Waals surface area contributed by atoms with Crippen LogP contribution in [-0.4, -0.2) is 57.8 Å². The molecule has 2 aromatic heterocycles. The Hall–Kier alpha value is -3.95. The monoisotopic (exact) mass is 496 g/mol. The lowest BCUT2D eigenvalue weighted by Gasteiger charge is -2.21. The van der Waals surface area contributed by atoms with E-state index >= 15 is 0 Å². The Balaban J connectivity index is 1.80. The van der Waals surface area contributed by atoms with E-state index in [1.54, 1.807) is 18.2 Å². The van der Waals surface area contributed by atoms with E-state index in [0.717, 1.165) is 6.42 Å². The molecule has 9 nitrogen and oxygen atoms in total. The van der Waals surface area contributed by atoms with Gasteiger partial charge < -0.3 is 19.5 Å². The van der Waals surface area contributed by atoms with E-state index < -0.39 is 28.7 Å². The average molecular weight is 497 g/mol. The molecule has 190 valence electrons. The normalized spacial score (nSPS) is 15.2. The maximum absolute atomic E-state index is 14.3. The van der Waals surface area contributed by atoms with E-state index in [1.807, 2.05) is 6.92 Å². The molecular formula is C26H29FN4O5. The van der Waals surface area contributed by atoms with E-state index in [1.165, 1.54) is 42.0 Å². The highest BCUT2D eigenvalue weighted by molar-refractivity contribution is 5.96. The van der Waals surface area contributed by atoms with Gasteiger partial charge >= 0.3 is 0 Å². The first kappa shape index (κ1) is 25.2. The van der Waals surface area contributed by atoms with Crippen molar-refractivity contribution >= 4 is 5.91 Å². The summed E-state index contributed by atoms with van der Waals surface area (Å²) in [6.07, 6.45) is 3.92. The third-order valence-electron chi connectivity index (χ3n) is 6.38. The molecule has 1 aromatic carbocycles. The van der Waals surface area contributed by atoms with Gasteiger partial charge in [-0.15, -0.1) is 0 Å². The summed E-state index contributed by atoms with van der Waals surface area (Å²) >= 11 is 0. The van der Waals surface area contributed by atoms with Crippen molar-refractivity contribution in [1.29, 1.82) is 0 Å². The first-order valence-corrected chi connectivity index (χ1v) is 11.9. The predicted molar refractivity (Wildman–Crippen MR) is 131 cm³/mol. The summed E-state index contributed by atoms with van der Waals surface area (Å²) in [5, 5.41) is 10.7. The number of aryl methyl sites for hydroxylation is 1. The largest absolute Gasteiger partial charge is 0.494 e. The summed E-state index contributed by atoms with van der Waals surface area (Å²) < 4.78 is 26.5. The van der Waals surface area contributed by atoms with Gasteiger partial charge in [0.1, 0.15) is 28.8 Å². The number of para-hydroxylation sites is 1. The summed E-state index contributed by atoms with van der Waals surface area (Å²) in [4.78, 5) is 37.2. The van der Waals surface area contributed by atoms with E-state index in [0.29, 0.717) is 36.4 Å². The van der Waals surface area contributed by atoms with Crippen molar-refractivity contribution in [2.45, 2.75) is 38.5 Å². The van der Waals surface area contributed by atoms with Crippen molar-refractivity contribution in [3.8, 4) is 23.1 Å². The number of aromatic hydroxyl groups is 1. The molecule has 4 rings (SSSR count). The maximum atomic E-state index is 14.3. The number of methoxy groups -OCH3 is 2. The first-order valence-electron chi connectivity index (χ1n) is 11.9. The van der Waals surface area contributed by atoms with Gasteiger partial charge in [-0.3, -0.25) is 19.1 Å². The van der Waals surface area contributed by atoms with Gasteiger partial charge in [0.05, 0.1) is 19.9 Å². The molecule has 3 aromatic rings. The minimum Gasteiger partial charge on any atom is -0.494 e. The standard InChI is InChI=1S/C26H29FN4O5/c1-4-5-11-20-29-24(32)21(26(34)31(20)23-18(35-2)9-6-10-19(23)36-3)25(33)30-14-12-16(15-30)22-17(27)8-7-13-28-22/h6-10,13,16,32H,4-5,11-12,14-15H2,1-3H3. The Bertz CT molecular complexity index is 1300. The van der Waals surface area contributed by atoms with Crippen LogP contribution in [0, 0.1) is 5.82 Å². The van der Waals surface area contributed by atoms with Crippen molar-refractivity contribution in [1.82, 2.24) is 19.4 Å². The van der Waals surface area contributed by atoms with Crippen LogP contribution in [0.3, 0.4) is 0 Å². The zero-order valence-electron chi connectivity index (χ0n) is 20.5. The van der Waals surface area contributed by atoms with Crippen LogP contribution in [0.1, 0.15) is 54.0 Å². The molecule has 1 amide bonds. The van der Waals surface area contributed by atoms with Crippen molar-refractivity contribution in [3.63, 3.8) is 0 Å². The lowest BCUT2D eigenvalue weighted by Crippen LogP contribution is -2.37. The number of nitrogens with zero attached hydrogens (tertiary/aromatic N) is 4. The van der Waals surface area contributed by atoms with Crippen LogP contribution < -0.4 is 15.0 Å². The molecule has 3 heterocycles. The number of benzene rings is 1. The molecule has 1 aliphatic heterocycles. The van der Waals surface area contributed by atoms with E-state index in [9.17, 15) is 19.1 Å². The third-order valence-corrected chi connectivity index (χ3v) is 6.38. The third kappa shape index (κ3) is 4.62. The van der Waals surface area contributed by atoms with Gasteiger partial charge in [0.25, 0.3) is 11.5 Å². The molecule has 0 bridgehead atoms. The Morgan fingerprint density at radius 2 is 1.92 bits per heavy atom. The second-order valence-electron chi connectivity index (χ2n) is 8.59. The maximum Gasteiger partial charge on any atom is 0.275 e. The molecule has 1 unspecified atom stereocenters. The number of rotatable bonds is 8. The summed E-state index contributed by atoms with van der Waals surface area (Å²) in [6.45, 7) is 2.45. The van der Waals surface area contributed by atoms with Crippen LogP contribution in [0.15, 0.2) is 41.3 Å². The number of carbonyl (C=O) groups is 1. The molecule has 1 N–H and O–H groups in total. The van der Waals surface area contributed by atoms with E-state index in [4.69, 9.17) is 9.47 Å². The zero-order chi connectivity index (χ0) is 25.8. The van der Waals surface area contributed by atoms with Gasteiger partial charge in [0, 0.05) is 31.6 Å². The fourth-order valence-electron chi connectivity index (χ4n) is 4.55. The quantitative estimate of drug-likeness (QED) is 0.509. The first-order chi connectivity index (χ1) is 17.4. The van der Waals surface area contributed by atoms with Crippen molar-refractivity contribution in [3.05, 3.63) is 69.8 Å². The van der Waals surface area contributed by atoms with Crippen molar-refractivity contribution in [2.24, 2.45) is 0 Å². The molecule has 0 spiro atoms. The van der Waals surface area contributed by atoms with Crippen molar-refractivity contribution in [2.75, 3.05) is 27.3 Å². The lowest BCUT2D eigenvalue weighted by atomic mass is 10.0. The number of likely N-dealkylation sites (tertiary alicyclic amines) is 1. The summed E-state index contributed by atoms with van der Waals surface area (Å²) in [6, 6.07) is 7.91. The Kier molecular flexibility index (Phi) is 7.52. The van der Waals surface area contributed by atoms with Crippen LogP contribution in [0.5, 0.6) is 17.4 Å². The number of hydrogen-bond donors (Lipinski definition) is 1. The van der Waals surface area contributed by atoms with Gasteiger partial charge in [-0.05, 0) is 37.1 Å². The smallest absolute Gasteiger partial charge is 0.275 e. The van der Waals surface area contributed by atoms with Crippen molar-refractivity contribution < 1.29 is 23.8 Å². The van der Waals surface area contributed by atoms with Crippen LogP contribution in [0.2, 0.25) is 0 Å². The number of unbranched alkanes of at least 4 members (excludes halogenated alkanes) is 1. The van der Waals surface area contributed by atoms with Crippen LogP contribution in [-0.2, 0) is 6.42 Å². The summed E-state index contributed by atoms with van der Waals surface area (Å²) in [5.41, 5.74) is -0.601. The number of aromatic nitrogens is 3. The van der Waals surface area contributed by atoms with Crippen LogP contribution in [0.25, 0.3) is 5.69 Å². The second kappa shape index (κ2) is 10.8. The Morgan fingerprint density at radius 1 is 1.19 bits per heavy atom. The van der Waals surface area contributed by atoms with Gasteiger partial charge in [-0.2, -0.15) is 4.98 Å². The number of amides is 1. The number of ether oxygens (including phenoxy) is 2. The highest BCUT2D eigenvalue weighted by Gasteiger charge is 2.34. The number of hydrogen-bond acceptors (Lipinski definition) is 7. The number of pyridine rings is 1. The van der Waals surface area contributed by atoms with Crippen LogP contribution in [0.4, 0.5) is 4.39 Å². The minimum atomic E-state index is -0.728. The molecule has 1 saturated heterocycles. The van der Waals surface area contributed by atoms with E-state index in [2.05, 4.69) is 9.97 Å².